The van der Waals surface area contributed by atoms with Gasteiger partial charge in [-0.2, -0.15) is 0 Å². The van der Waals surface area contributed by atoms with Crippen LogP contribution in [0.4, 0.5) is 0 Å². The molecule has 0 unspecified atom stereocenters. The largest absolute Gasteiger partial charge is 0.464 e. The molecule has 0 aliphatic heterocycles. The van der Waals surface area contributed by atoms with Crippen molar-refractivity contribution in [3.63, 3.8) is 0 Å². The van der Waals surface area contributed by atoms with Crippen LogP contribution in [-0.4, -0.2) is 0 Å². The number of aryl methyl sites for hydroxylation is 2. The summed E-state index contributed by atoms with van der Waals surface area (Å²) >= 11 is 0. The average molecular weight is 160 g/mol. The lowest BCUT2D eigenvalue weighted by molar-refractivity contribution is 0.615. The molecular weight excluding hydrogens is 148 g/mol. The zero-order chi connectivity index (χ0) is 8.55. The molecule has 0 spiro atoms. The minimum Gasteiger partial charge on any atom is -0.464 e. The maximum absolute atomic E-state index is 5.32. The van der Waals surface area contributed by atoms with E-state index in [1.165, 1.54) is 16.5 Å². The van der Waals surface area contributed by atoms with Crippen LogP contribution in [0.5, 0.6) is 0 Å². The third kappa shape index (κ3) is 0.934. The van der Waals surface area contributed by atoms with Gasteiger partial charge in [0.2, 0.25) is 0 Å². The van der Waals surface area contributed by atoms with E-state index in [9.17, 15) is 0 Å². The quantitative estimate of drug-likeness (QED) is 0.623. The molecule has 0 saturated heterocycles. The normalized spacial score (nSPS) is 10.8. The summed E-state index contributed by atoms with van der Waals surface area (Å²) in [7, 11) is 0. The van der Waals surface area contributed by atoms with Crippen LogP contribution in [0.2, 0.25) is 0 Å². The fourth-order valence-electron chi connectivity index (χ4n) is 1.68. The molecule has 1 nitrogen and oxygen atoms in total. The molecule has 0 radical (unpaired) electrons. The summed E-state index contributed by atoms with van der Waals surface area (Å²) in [6.07, 6.45) is 2.83. The fourth-order valence-corrected chi connectivity index (χ4v) is 1.68. The average Bonchev–Trinajstić information content (AvgIpc) is 2.52. The molecule has 0 aliphatic rings. The smallest absolute Gasteiger partial charge is 0.134 e. The Labute approximate surface area is 72.0 Å². The molecule has 2 aromatic rings. The Morgan fingerprint density at radius 1 is 1.25 bits per heavy atom. The highest BCUT2D eigenvalue weighted by atomic mass is 16.3. The lowest BCUT2D eigenvalue weighted by Crippen LogP contribution is -1.85. The SMILES string of the molecule is CCc1c(C)ccc2occc12. The van der Waals surface area contributed by atoms with E-state index >= 15 is 0 Å². The van der Waals surface area contributed by atoms with E-state index in [1.807, 2.05) is 12.1 Å². The van der Waals surface area contributed by atoms with Crippen molar-refractivity contribution in [3.05, 3.63) is 35.6 Å². The van der Waals surface area contributed by atoms with Crippen LogP contribution in [0.1, 0.15) is 18.1 Å². The van der Waals surface area contributed by atoms with E-state index in [0.717, 1.165) is 12.0 Å². The van der Waals surface area contributed by atoms with Crippen LogP contribution >= 0.6 is 0 Å². The Balaban J connectivity index is 2.83. The highest BCUT2D eigenvalue weighted by Crippen LogP contribution is 2.23. The predicted molar refractivity (Wildman–Crippen MR) is 50.3 cm³/mol. The highest BCUT2D eigenvalue weighted by Gasteiger charge is 2.03. The monoisotopic (exact) mass is 160 g/mol. The first-order valence-corrected chi connectivity index (χ1v) is 4.28. The molecule has 0 fully saturated rings. The first-order valence-electron chi connectivity index (χ1n) is 4.28. The molecule has 0 aliphatic carbocycles. The first kappa shape index (κ1) is 7.41. The molecule has 1 heterocycles. The number of benzene rings is 1. The van der Waals surface area contributed by atoms with Gasteiger partial charge in [0.25, 0.3) is 0 Å². The first-order chi connectivity index (χ1) is 5.83. The zero-order valence-electron chi connectivity index (χ0n) is 7.42. The number of rotatable bonds is 1. The van der Waals surface area contributed by atoms with Crippen LogP contribution in [-0.2, 0) is 6.42 Å². The molecule has 0 saturated carbocycles. The molecule has 12 heavy (non-hydrogen) atoms. The van der Waals surface area contributed by atoms with Gasteiger partial charge in [-0.15, -0.1) is 0 Å². The van der Waals surface area contributed by atoms with Gasteiger partial charge in [0.1, 0.15) is 5.58 Å². The van der Waals surface area contributed by atoms with Gasteiger partial charge in [-0.05, 0) is 36.6 Å². The van der Waals surface area contributed by atoms with Crippen molar-refractivity contribution in [1.82, 2.24) is 0 Å². The fraction of sp³-hybridized carbons (Fsp3) is 0.273. The van der Waals surface area contributed by atoms with Gasteiger partial charge >= 0.3 is 0 Å². The number of furan rings is 1. The standard InChI is InChI=1S/C11H12O/c1-3-9-8(2)4-5-11-10(9)6-7-12-11/h4-7H,3H2,1-2H3. The summed E-state index contributed by atoms with van der Waals surface area (Å²) < 4.78 is 5.32. The van der Waals surface area contributed by atoms with Crippen molar-refractivity contribution in [3.8, 4) is 0 Å². The van der Waals surface area contributed by atoms with Gasteiger partial charge in [0, 0.05) is 5.39 Å². The second kappa shape index (κ2) is 2.67. The minimum absolute atomic E-state index is 0.998. The minimum atomic E-state index is 0.998. The summed E-state index contributed by atoms with van der Waals surface area (Å²) in [5, 5.41) is 1.26. The maximum atomic E-state index is 5.32. The Hall–Kier alpha value is -1.24. The van der Waals surface area contributed by atoms with Crippen LogP contribution < -0.4 is 0 Å². The molecule has 1 heteroatoms. The van der Waals surface area contributed by atoms with Gasteiger partial charge in [0.15, 0.2) is 0 Å². The maximum Gasteiger partial charge on any atom is 0.134 e. The number of hydrogen-bond acceptors (Lipinski definition) is 1. The topological polar surface area (TPSA) is 13.1 Å². The van der Waals surface area contributed by atoms with Crippen LogP contribution in [0.3, 0.4) is 0 Å². The number of fused-ring (bicyclic) bond motifs is 1. The summed E-state index contributed by atoms with van der Waals surface area (Å²) in [6.45, 7) is 4.32. The molecule has 0 amide bonds. The van der Waals surface area contributed by atoms with E-state index < -0.39 is 0 Å². The van der Waals surface area contributed by atoms with Crippen molar-refractivity contribution in [2.45, 2.75) is 20.3 Å². The van der Waals surface area contributed by atoms with E-state index in [0.29, 0.717) is 0 Å². The van der Waals surface area contributed by atoms with Crippen molar-refractivity contribution >= 4 is 11.0 Å². The van der Waals surface area contributed by atoms with E-state index in [-0.39, 0.29) is 0 Å². The zero-order valence-corrected chi connectivity index (χ0v) is 7.42. The lowest BCUT2D eigenvalue weighted by atomic mass is 10.0. The van der Waals surface area contributed by atoms with Crippen LogP contribution in [0.25, 0.3) is 11.0 Å². The number of hydrogen-bond donors (Lipinski definition) is 0. The molecule has 1 aromatic heterocycles. The molecule has 0 bridgehead atoms. The molecule has 2 rings (SSSR count). The lowest BCUT2D eigenvalue weighted by Gasteiger charge is -2.02. The van der Waals surface area contributed by atoms with Crippen molar-refractivity contribution in [1.29, 1.82) is 0 Å². The van der Waals surface area contributed by atoms with Crippen molar-refractivity contribution in [2.75, 3.05) is 0 Å². The predicted octanol–water partition coefficient (Wildman–Crippen LogP) is 3.30. The Morgan fingerprint density at radius 2 is 2.08 bits per heavy atom. The highest BCUT2D eigenvalue weighted by molar-refractivity contribution is 5.82. The van der Waals surface area contributed by atoms with Crippen molar-refractivity contribution < 1.29 is 4.42 Å². The van der Waals surface area contributed by atoms with E-state index in [2.05, 4.69) is 19.9 Å². The van der Waals surface area contributed by atoms with Crippen LogP contribution in [0.15, 0.2) is 28.9 Å². The summed E-state index contributed by atoms with van der Waals surface area (Å²) in [5.74, 6) is 0. The molecule has 1 aromatic carbocycles. The molecular formula is C11H12O. The second-order valence-corrected chi connectivity index (χ2v) is 3.05. The Morgan fingerprint density at radius 3 is 2.83 bits per heavy atom. The molecule has 0 N–H and O–H groups in total. The van der Waals surface area contributed by atoms with Crippen LogP contribution in [0, 0.1) is 6.92 Å². The Bertz CT molecular complexity index is 398. The van der Waals surface area contributed by atoms with Gasteiger partial charge in [-0.3, -0.25) is 0 Å². The van der Waals surface area contributed by atoms with Gasteiger partial charge in [-0.25, -0.2) is 0 Å². The molecule has 62 valence electrons. The third-order valence-corrected chi connectivity index (χ3v) is 2.33. The van der Waals surface area contributed by atoms with Gasteiger partial charge in [0.05, 0.1) is 6.26 Å². The summed E-state index contributed by atoms with van der Waals surface area (Å²) in [4.78, 5) is 0. The van der Waals surface area contributed by atoms with E-state index in [4.69, 9.17) is 4.42 Å². The summed E-state index contributed by atoms with van der Waals surface area (Å²) in [5.41, 5.74) is 3.75. The van der Waals surface area contributed by atoms with Gasteiger partial charge in [-0.1, -0.05) is 13.0 Å². The molecule has 0 atom stereocenters. The Kier molecular flexibility index (Phi) is 1.65. The van der Waals surface area contributed by atoms with E-state index in [1.54, 1.807) is 6.26 Å². The third-order valence-electron chi connectivity index (χ3n) is 2.33. The summed E-state index contributed by atoms with van der Waals surface area (Å²) in [6, 6.07) is 6.19. The van der Waals surface area contributed by atoms with Crippen molar-refractivity contribution in [2.24, 2.45) is 0 Å². The second-order valence-electron chi connectivity index (χ2n) is 3.05. The van der Waals surface area contributed by atoms with Gasteiger partial charge < -0.3 is 4.42 Å².